The van der Waals surface area contributed by atoms with E-state index in [0.717, 1.165) is 16.6 Å². The first kappa shape index (κ1) is 15.7. The molecule has 1 heterocycles. The van der Waals surface area contributed by atoms with Crippen molar-refractivity contribution in [3.63, 3.8) is 0 Å². The number of rotatable bonds is 3. The number of aryl methyl sites for hydroxylation is 2. The first-order chi connectivity index (χ1) is 11.4. The Bertz CT molecular complexity index is 943. The van der Waals surface area contributed by atoms with Gasteiger partial charge in [0.1, 0.15) is 0 Å². The normalized spacial score (nSPS) is 10.6. The van der Waals surface area contributed by atoms with Crippen LogP contribution in [0.4, 0.5) is 11.4 Å². The Morgan fingerprint density at radius 2 is 1.88 bits per heavy atom. The highest BCUT2D eigenvalue weighted by Crippen LogP contribution is 2.21. The molecular weight excluding hydrogens is 304 g/mol. The van der Waals surface area contributed by atoms with Crippen molar-refractivity contribution in [2.75, 3.05) is 10.6 Å². The molecule has 0 unspecified atom stereocenters. The molecule has 122 valence electrons. The summed E-state index contributed by atoms with van der Waals surface area (Å²) >= 11 is 0. The van der Waals surface area contributed by atoms with Crippen molar-refractivity contribution >= 4 is 34.2 Å². The summed E-state index contributed by atoms with van der Waals surface area (Å²) in [6, 6.07) is 10.8. The van der Waals surface area contributed by atoms with Gasteiger partial charge in [-0.3, -0.25) is 9.59 Å². The molecule has 0 radical (unpaired) electrons. The lowest BCUT2D eigenvalue weighted by Crippen LogP contribution is -2.13. The predicted molar refractivity (Wildman–Crippen MR) is 94.1 cm³/mol. The highest BCUT2D eigenvalue weighted by Gasteiger charge is 2.10. The van der Waals surface area contributed by atoms with Crippen molar-refractivity contribution in [3.8, 4) is 0 Å². The molecular formula is C18H18N4O2. The number of carbonyl (C=O) groups excluding carboxylic acids is 2. The largest absolute Gasteiger partial charge is 0.334 e. The average Bonchev–Trinajstić information content (AvgIpc) is 2.91. The van der Waals surface area contributed by atoms with Gasteiger partial charge in [-0.2, -0.15) is 0 Å². The van der Waals surface area contributed by atoms with Gasteiger partial charge in [0, 0.05) is 30.9 Å². The highest BCUT2D eigenvalue weighted by molar-refractivity contribution is 6.06. The predicted octanol–water partition coefficient (Wildman–Crippen LogP) is 3.09. The molecule has 0 aliphatic rings. The lowest BCUT2D eigenvalue weighted by atomic mass is 10.1. The van der Waals surface area contributed by atoms with E-state index in [1.165, 1.54) is 6.92 Å². The standard InChI is InChI=1S/C18H18N4O2/c1-11-4-6-14(9-15(11)20-12(2)23)21-18(24)13-5-7-17-16(8-13)19-10-22(17)3/h4-10H,1-3H3,(H,20,23)(H,21,24). The topological polar surface area (TPSA) is 76.0 Å². The number of imidazole rings is 1. The van der Waals surface area contributed by atoms with E-state index in [-0.39, 0.29) is 11.8 Å². The van der Waals surface area contributed by atoms with Gasteiger partial charge in [-0.1, -0.05) is 6.07 Å². The molecule has 3 rings (SSSR count). The summed E-state index contributed by atoms with van der Waals surface area (Å²) in [6.07, 6.45) is 1.71. The van der Waals surface area contributed by atoms with Gasteiger partial charge in [0.25, 0.3) is 5.91 Å². The first-order valence-electron chi connectivity index (χ1n) is 7.55. The number of nitrogens with zero attached hydrogens (tertiary/aromatic N) is 2. The summed E-state index contributed by atoms with van der Waals surface area (Å²) in [5.74, 6) is -0.373. The van der Waals surface area contributed by atoms with Crippen LogP contribution in [0.2, 0.25) is 0 Å². The van der Waals surface area contributed by atoms with E-state index < -0.39 is 0 Å². The van der Waals surface area contributed by atoms with Crippen LogP contribution in [-0.4, -0.2) is 21.4 Å². The van der Waals surface area contributed by atoms with Crippen LogP contribution in [0.15, 0.2) is 42.7 Å². The van der Waals surface area contributed by atoms with Crippen molar-refractivity contribution in [1.29, 1.82) is 0 Å². The van der Waals surface area contributed by atoms with Gasteiger partial charge < -0.3 is 15.2 Å². The second kappa shape index (κ2) is 6.16. The quantitative estimate of drug-likeness (QED) is 0.778. The number of benzene rings is 2. The third-order valence-corrected chi connectivity index (χ3v) is 3.79. The third-order valence-electron chi connectivity index (χ3n) is 3.79. The smallest absolute Gasteiger partial charge is 0.255 e. The number of aromatic nitrogens is 2. The Hall–Kier alpha value is -3.15. The molecule has 6 nitrogen and oxygen atoms in total. The van der Waals surface area contributed by atoms with Crippen LogP contribution in [0.3, 0.4) is 0 Å². The summed E-state index contributed by atoms with van der Waals surface area (Å²) in [7, 11) is 1.91. The van der Waals surface area contributed by atoms with E-state index in [1.807, 2.05) is 30.7 Å². The maximum absolute atomic E-state index is 12.4. The molecule has 2 aromatic carbocycles. The molecule has 24 heavy (non-hydrogen) atoms. The van der Waals surface area contributed by atoms with E-state index in [2.05, 4.69) is 15.6 Å². The molecule has 0 saturated carbocycles. The van der Waals surface area contributed by atoms with E-state index in [9.17, 15) is 9.59 Å². The van der Waals surface area contributed by atoms with Gasteiger partial charge in [0.2, 0.25) is 5.91 Å². The molecule has 3 aromatic rings. The number of amides is 2. The van der Waals surface area contributed by atoms with Crippen LogP contribution in [0, 0.1) is 6.92 Å². The molecule has 0 saturated heterocycles. The lowest BCUT2D eigenvalue weighted by Gasteiger charge is -2.10. The number of hydrogen-bond donors (Lipinski definition) is 2. The van der Waals surface area contributed by atoms with E-state index in [0.29, 0.717) is 16.9 Å². The zero-order valence-corrected chi connectivity index (χ0v) is 13.8. The number of fused-ring (bicyclic) bond motifs is 1. The zero-order valence-electron chi connectivity index (χ0n) is 13.8. The molecule has 0 atom stereocenters. The SMILES string of the molecule is CC(=O)Nc1cc(NC(=O)c2ccc3c(c2)ncn3C)ccc1C. The van der Waals surface area contributed by atoms with Crippen molar-refractivity contribution in [2.24, 2.45) is 7.05 Å². The fourth-order valence-electron chi connectivity index (χ4n) is 2.50. The number of carbonyl (C=O) groups is 2. The Labute approximate surface area is 139 Å². The fourth-order valence-corrected chi connectivity index (χ4v) is 2.50. The highest BCUT2D eigenvalue weighted by atomic mass is 16.2. The molecule has 2 amide bonds. The Morgan fingerprint density at radius 3 is 2.62 bits per heavy atom. The molecule has 0 aliphatic carbocycles. The van der Waals surface area contributed by atoms with E-state index in [4.69, 9.17) is 0 Å². The molecule has 0 aliphatic heterocycles. The summed E-state index contributed by atoms with van der Waals surface area (Å²) in [5, 5.41) is 5.60. The van der Waals surface area contributed by atoms with E-state index >= 15 is 0 Å². The minimum atomic E-state index is -0.222. The second-order valence-corrected chi connectivity index (χ2v) is 5.72. The Balaban J connectivity index is 1.84. The molecule has 6 heteroatoms. The van der Waals surface area contributed by atoms with Gasteiger partial charge >= 0.3 is 0 Å². The van der Waals surface area contributed by atoms with Gasteiger partial charge in [0.15, 0.2) is 0 Å². The average molecular weight is 322 g/mol. The van der Waals surface area contributed by atoms with Gasteiger partial charge in [-0.25, -0.2) is 4.98 Å². The Kier molecular flexibility index (Phi) is 4.04. The maximum atomic E-state index is 12.4. The second-order valence-electron chi connectivity index (χ2n) is 5.72. The van der Waals surface area contributed by atoms with Gasteiger partial charge in [-0.05, 0) is 42.8 Å². The Morgan fingerprint density at radius 1 is 1.08 bits per heavy atom. The molecule has 1 aromatic heterocycles. The summed E-state index contributed by atoms with van der Waals surface area (Å²) in [4.78, 5) is 28.0. The summed E-state index contributed by atoms with van der Waals surface area (Å²) in [5.41, 5.74) is 4.50. The lowest BCUT2D eigenvalue weighted by molar-refractivity contribution is -0.114. The van der Waals surface area contributed by atoms with Crippen LogP contribution >= 0.6 is 0 Å². The van der Waals surface area contributed by atoms with Gasteiger partial charge in [-0.15, -0.1) is 0 Å². The summed E-state index contributed by atoms with van der Waals surface area (Å²) < 4.78 is 1.90. The number of anilines is 2. The zero-order chi connectivity index (χ0) is 17.3. The number of nitrogens with one attached hydrogen (secondary N) is 2. The van der Waals surface area contributed by atoms with E-state index in [1.54, 1.807) is 30.6 Å². The van der Waals surface area contributed by atoms with Crippen molar-refractivity contribution in [3.05, 3.63) is 53.9 Å². The number of hydrogen-bond acceptors (Lipinski definition) is 3. The first-order valence-corrected chi connectivity index (χ1v) is 7.55. The van der Waals surface area contributed by atoms with Crippen molar-refractivity contribution in [1.82, 2.24) is 9.55 Å². The summed E-state index contributed by atoms with van der Waals surface area (Å²) in [6.45, 7) is 3.35. The maximum Gasteiger partial charge on any atom is 0.255 e. The van der Waals surface area contributed by atoms with Crippen molar-refractivity contribution in [2.45, 2.75) is 13.8 Å². The molecule has 0 fully saturated rings. The van der Waals surface area contributed by atoms with Crippen LogP contribution in [-0.2, 0) is 11.8 Å². The third kappa shape index (κ3) is 3.12. The van der Waals surface area contributed by atoms with Crippen LogP contribution in [0.25, 0.3) is 11.0 Å². The fraction of sp³-hybridized carbons (Fsp3) is 0.167. The van der Waals surface area contributed by atoms with Crippen LogP contribution in [0.1, 0.15) is 22.8 Å². The monoisotopic (exact) mass is 322 g/mol. The van der Waals surface area contributed by atoms with Crippen molar-refractivity contribution < 1.29 is 9.59 Å². The molecule has 2 N–H and O–H groups in total. The van der Waals surface area contributed by atoms with Gasteiger partial charge in [0.05, 0.1) is 17.4 Å². The minimum absolute atomic E-state index is 0.151. The van der Waals surface area contributed by atoms with Crippen LogP contribution < -0.4 is 10.6 Å². The molecule has 0 spiro atoms. The van der Waals surface area contributed by atoms with Crippen LogP contribution in [0.5, 0.6) is 0 Å². The molecule has 0 bridgehead atoms. The minimum Gasteiger partial charge on any atom is -0.334 e.